The predicted octanol–water partition coefficient (Wildman–Crippen LogP) is 2.75. The summed E-state index contributed by atoms with van der Waals surface area (Å²) < 4.78 is 13.2. The summed E-state index contributed by atoms with van der Waals surface area (Å²) in [6.07, 6.45) is 1.65. The van der Waals surface area contributed by atoms with Crippen LogP contribution < -0.4 is 5.32 Å². The van der Waals surface area contributed by atoms with Gasteiger partial charge in [-0.1, -0.05) is 29.4 Å². The molecule has 6 nitrogen and oxygen atoms in total. The first-order valence-corrected chi connectivity index (χ1v) is 10.2. The number of thioether (sulfide) groups is 1. The Morgan fingerprint density at radius 3 is 2.68 bits per heavy atom. The second kappa shape index (κ2) is 9.86. The van der Waals surface area contributed by atoms with Crippen LogP contribution in [0.3, 0.4) is 0 Å². The third kappa shape index (κ3) is 5.92. The van der Waals surface area contributed by atoms with Gasteiger partial charge in [0.2, 0.25) is 11.8 Å². The van der Waals surface area contributed by atoms with Crippen LogP contribution in [0.2, 0.25) is 5.02 Å². The molecule has 1 aliphatic rings. The molecule has 0 saturated carbocycles. The summed E-state index contributed by atoms with van der Waals surface area (Å²) in [7, 11) is 0. The van der Waals surface area contributed by atoms with E-state index in [4.69, 9.17) is 11.6 Å². The fourth-order valence-corrected chi connectivity index (χ4v) is 3.89. The third-order valence-electron chi connectivity index (χ3n) is 4.26. The number of halogens is 2. The van der Waals surface area contributed by atoms with Crippen LogP contribution in [0.25, 0.3) is 0 Å². The number of nitrogens with one attached hydrogen (secondary N) is 1. The molecule has 3 rings (SSSR count). The van der Waals surface area contributed by atoms with E-state index >= 15 is 0 Å². The summed E-state index contributed by atoms with van der Waals surface area (Å²) in [4.78, 5) is 32.4. The lowest BCUT2D eigenvalue weighted by Crippen LogP contribution is -2.50. The van der Waals surface area contributed by atoms with Gasteiger partial charge in [-0.05, 0) is 30.3 Å². The van der Waals surface area contributed by atoms with Crippen molar-refractivity contribution in [3.63, 3.8) is 0 Å². The number of amides is 2. The molecule has 148 valence electrons. The molecule has 0 radical (unpaired) electrons. The third-order valence-corrected chi connectivity index (χ3v) is 5.66. The van der Waals surface area contributed by atoms with Crippen LogP contribution in [-0.4, -0.2) is 65.1 Å². The largest absolute Gasteiger partial charge is 0.339 e. The van der Waals surface area contributed by atoms with Crippen molar-refractivity contribution in [3.8, 4) is 0 Å². The van der Waals surface area contributed by atoms with Gasteiger partial charge in [0, 0.05) is 38.1 Å². The zero-order valence-electron chi connectivity index (χ0n) is 15.1. The van der Waals surface area contributed by atoms with Crippen LogP contribution in [0.4, 0.5) is 10.1 Å². The first kappa shape index (κ1) is 20.6. The van der Waals surface area contributed by atoms with Crippen LogP contribution in [0, 0.1) is 5.82 Å². The minimum absolute atomic E-state index is 0.0237. The second-order valence-electron chi connectivity index (χ2n) is 6.29. The van der Waals surface area contributed by atoms with Crippen LogP contribution in [0.15, 0.2) is 47.6 Å². The first-order chi connectivity index (χ1) is 13.5. The van der Waals surface area contributed by atoms with E-state index in [1.807, 2.05) is 4.90 Å². The predicted molar refractivity (Wildman–Crippen MR) is 108 cm³/mol. The number of anilines is 1. The average Bonchev–Trinajstić information content (AvgIpc) is 2.67. The number of piperazine rings is 1. The minimum Gasteiger partial charge on any atom is -0.339 e. The number of rotatable bonds is 6. The van der Waals surface area contributed by atoms with Gasteiger partial charge in [0.05, 0.1) is 17.3 Å². The van der Waals surface area contributed by atoms with Crippen LogP contribution in [0.1, 0.15) is 0 Å². The standard InChI is InChI=1S/C19H20ClFN4O2S/c20-16-5-2-6-22-19(16)28-13-18(27)25-9-7-24(8-10-25)12-17(26)23-15-4-1-3-14(21)11-15/h1-6,11H,7-10,12-13H2,(H,23,26). The maximum absolute atomic E-state index is 13.2. The topological polar surface area (TPSA) is 65.5 Å². The Kier molecular flexibility index (Phi) is 7.24. The van der Waals surface area contributed by atoms with E-state index in [1.54, 1.807) is 35.4 Å². The molecule has 1 saturated heterocycles. The van der Waals surface area contributed by atoms with Gasteiger partial charge < -0.3 is 10.2 Å². The molecule has 2 aromatic rings. The Hall–Kier alpha value is -2.16. The van der Waals surface area contributed by atoms with E-state index in [2.05, 4.69) is 10.3 Å². The molecule has 1 N–H and O–H groups in total. The van der Waals surface area contributed by atoms with Gasteiger partial charge in [-0.15, -0.1) is 0 Å². The van der Waals surface area contributed by atoms with Crippen LogP contribution in [0.5, 0.6) is 0 Å². The monoisotopic (exact) mass is 422 g/mol. The minimum atomic E-state index is -0.394. The summed E-state index contributed by atoms with van der Waals surface area (Å²) in [6, 6.07) is 9.29. The first-order valence-electron chi connectivity index (χ1n) is 8.80. The SMILES string of the molecule is O=C(CN1CCN(C(=O)CSc2ncccc2Cl)CC1)Nc1cccc(F)c1. The normalized spacial score (nSPS) is 14.7. The number of carbonyl (C=O) groups is 2. The van der Waals surface area contributed by atoms with Crippen molar-refractivity contribution in [3.05, 3.63) is 53.4 Å². The number of hydrogen-bond donors (Lipinski definition) is 1. The molecule has 2 heterocycles. The Labute approximate surface area is 172 Å². The molecule has 0 aliphatic carbocycles. The van der Waals surface area contributed by atoms with E-state index in [1.165, 1.54) is 23.9 Å². The summed E-state index contributed by atoms with van der Waals surface area (Å²) in [5, 5.41) is 3.86. The number of nitrogens with zero attached hydrogens (tertiary/aromatic N) is 3. The van der Waals surface area contributed by atoms with Gasteiger partial charge in [-0.3, -0.25) is 14.5 Å². The zero-order chi connectivity index (χ0) is 19.9. The summed E-state index contributed by atoms with van der Waals surface area (Å²) in [6.45, 7) is 2.54. The quantitative estimate of drug-likeness (QED) is 0.725. The summed E-state index contributed by atoms with van der Waals surface area (Å²) in [5.41, 5.74) is 0.434. The highest BCUT2D eigenvalue weighted by molar-refractivity contribution is 8.00. The number of pyridine rings is 1. The molecule has 0 atom stereocenters. The molecule has 0 unspecified atom stereocenters. The molecule has 28 heavy (non-hydrogen) atoms. The molecule has 1 aliphatic heterocycles. The van der Waals surface area contributed by atoms with Gasteiger partial charge in [0.15, 0.2) is 0 Å². The fourth-order valence-electron chi connectivity index (χ4n) is 2.82. The Bertz CT molecular complexity index is 846. The number of benzene rings is 1. The molecule has 1 fully saturated rings. The number of carbonyl (C=O) groups excluding carboxylic acids is 2. The molecule has 1 aromatic carbocycles. The lowest BCUT2D eigenvalue weighted by molar-refractivity contribution is -0.130. The second-order valence-corrected chi connectivity index (χ2v) is 7.67. The maximum Gasteiger partial charge on any atom is 0.238 e. The maximum atomic E-state index is 13.2. The van der Waals surface area contributed by atoms with Gasteiger partial charge in [-0.25, -0.2) is 9.37 Å². The molecular formula is C19H20ClFN4O2S. The van der Waals surface area contributed by atoms with Gasteiger partial charge in [-0.2, -0.15) is 0 Å². The highest BCUT2D eigenvalue weighted by Crippen LogP contribution is 2.24. The van der Waals surface area contributed by atoms with Crippen molar-refractivity contribution in [2.24, 2.45) is 0 Å². The lowest BCUT2D eigenvalue weighted by atomic mass is 10.3. The van der Waals surface area contributed by atoms with E-state index in [9.17, 15) is 14.0 Å². The summed E-state index contributed by atoms with van der Waals surface area (Å²) >= 11 is 7.37. The molecule has 0 spiro atoms. The van der Waals surface area contributed by atoms with E-state index < -0.39 is 5.82 Å². The molecule has 0 bridgehead atoms. The van der Waals surface area contributed by atoms with Crippen molar-refractivity contribution in [2.75, 3.05) is 43.8 Å². The Morgan fingerprint density at radius 2 is 1.96 bits per heavy atom. The van der Waals surface area contributed by atoms with Gasteiger partial charge >= 0.3 is 0 Å². The van der Waals surface area contributed by atoms with Crippen molar-refractivity contribution in [2.45, 2.75) is 5.03 Å². The smallest absolute Gasteiger partial charge is 0.238 e. The molecule has 1 aromatic heterocycles. The lowest BCUT2D eigenvalue weighted by Gasteiger charge is -2.34. The van der Waals surface area contributed by atoms with Gasteiger partial charge in [0.25, 0.3) is 0 Å². The Balaban J connectivity index is 1.40. The highest BCUT2D eigenvalue weighted by Gasteiger charge is 2.22. The van der Waals surface area contributed by atoms with Gasteiger partial charge in [0.1, 0.15) is 10.8 Å². The van der Waals surface area contributed by atoms with Crippen molar-refractivity contribution >= 4 is 40.9 Å². The van der Waals surface area contributed by atoms with Crippen molar-refractivity contribution in [1.82, 2.24) is 14.8 Å². The highest BCUT2D eigenvalue weighted by atomic mass is 35.5. The summed E-state index contributed by atoms with van der Waals surface area (Å²) in [5.74, 6) is -0.298. The molecule has 2 amide bonds. The fraction of sp³-hybridized carbons (Fsp3) is 0.316. The zero-order valence-corrected chi connectivity index (χ0v) is 16.7. The molecular weight excluding hydrogens is 403 g/mol. The van der Waals surface area contributed by atoms with E-state index in [0.29, 0.717) is 41.9 Å². The number of hydrogen-bond acceptors (Lipinski definition) is 5. The van der Waals surface area contributed by atoms with Crippen molar-refractivity contribution in [1.29, 1.82) is 0 Å². The average molecular weight is 423 g/mol. The van der Waals surface area contributed by atoms with E-state index in [0.717, 1.165) is 0 Å². The van der Waals surface area contributed by atoms with Crippen molar-refractivity contribution < 1.29 is 14.0 Å². The molecule has 9 heteroatoms. The van der Waals surface area contributed by atoms with Crippen LogP contribution in [-0.2, 0) is 9.59 Å². The van der Waals surface area contributed by atoms with E-state index in [-0.39, 0.29) is 24.1 Å². The van der Waals surface area contributed by atoms with Crippen LogP contribution >= 0.6 is 23.4 Å². The number of aromatic nitrogens is 1. The Morgan fingerprint density at radius 1 is 1.18 bits per heavy atom.